The van der Waals surface area contributed by atoms with Crippen LogP contribution in [0, 0.1) is 0 Å². The lowest BCUT2D eigenvalue weighted by Gasteiger charge is -2.31. The van der Waals surface area contributed by atoms with Crippen LogP contribution in [0.3, 0.4) is 0 Å². The molecule has 0 saturated heterocycles. The van der Waals surface area contributed by atoms with Crippen LogP contribution in [-0.4, -0.2) is 31.2 Å². The van der Waals surface area contributed by atoms with Crippen LogP contribution in [0.2, 0.25) is 19.6 Å². The van der Waals surface area contributed by atoms with Crippen molar-refractivity contribution in [3.05, 3.63) is 17.2 Å². The predicted molar refractivity (Wildman–Crippen MR) is 73.1 cm³/mol. The SMILES string of the molecule is COc1nc([Si](C)(C)C)cc2c1COC(=O)[C@@]2(C)O. The number of esters is 1. The zero-order valence-corrected chi connectivity index (χ0v) is 12.9. The minimum absolute atomic E-state index is 0.0898. The van der Waals surface area contributed by atoms with E-state index in [9.17, 15) is 9.90 Å². The fourth-order valence-corrected chi connectivity index (χ4v) is 3.08. The Morgan fingerprint density at radius 2 is 2.11 bits per heavy atom. The summed E-state index contributed by atoms with van der Waals surface area (Å²) in [5, 5.41) is 11.3. The van der Waals surface area contributed by atoms with Crippen molar-refractivity contribution in [3.8, 4) is 5.88 Å². The summed E-state index contributed by atoms with van der Waals surface area (Å²) in [6, 6.07) is 1.82. The number of carbonyl (C=O) groups excluding carboxylic acids is 1. The summed E-state index contributed by atoms with van der Waals surface area (Å²) in [5.74, 6) is -0.197. The molecule has 1 aromatic rings. The topological polar surface area (TPSA) is 68.7 Å². The van der Waals surface area contributed by atoms with E-state index >= 15 is 0 Å². The molecule has 0 aliphatic carbocycles. The van der Waals surface area contributed by atoms with Crippen LogP contribution in [0.5, 0.6) is 5.88 Å². The minimum Gasteiger partial charge on any atom is -0.481 e. The van der Waals surface area contributed by atoms with Gasteiger partial charge in [0.1, 0.15) is 14.7 Å². The molecule has 1 N–H and O–H groups in total. The lowest BCUT2D eigenvalue weighted by Crippen LogP contribution is -2.45. The van der Waals surface area contributed by atoms with Crippen molar-refractivity contribution in [1.82, 2.24) is 4.98 Å². The van der Waals surface area contributed by atoms with Crippen molar-refractivity contribution in [2.24, 2.45) is 0 Å². The number of hydrogen-bond acceptors (Lipinski definition) is 5. The largest absolute Gasteiger partial charge is 0.481 e. The van der Waals surface area contributed by atoms with Gasteiger partial charge in [0.15, 0.2) is 5.60 Å². The summed E-state index contributed by atoms with van der Waals surface area (Å²) in [4.78, 5) is 16.2. The molecule has 0 fully saturated rings. The second kappa shape index (κ2) is 4.31. The lowest BCUT2D eigenvalue weighted by atomic mass is 9.91. The molecule has 1 aromatic heterocycles. The molecule has 5 nitrogen and oxygen atoms in total. The Labute approximate surface area is 113 Å². The highest BCUT2D eigenvalue weighted by atomic mass is 28.3. The van der Waals surface area contributed by atoms with Crippen molar-refractivity contribution in [2.45, 2.75) is 38.8 Å². The van der Waals surface area contributed by atoms with Gasteiger partial charge in [-0.05, 0) is 13.0 Å². The van der Waals surface area contributed by atoms with E-state index in [4.69, 9.17) is 9.47 Å². The van der Waals surface area contributed by atoms with Crippen LogP contribution in [0.25, 0.3) is 0 Å². The first kappa shape index (κ1) is 14.0. The van der Waals surface area contributed by atoms with Crippen molar-refractivity contribution in [2.75, 3.05) is 7.11 Å². The standard InChI is InChI=1S/C13H19NO4Si/c1-13(16)9-6-10(19(3,4)5)14-11(17-2)8(9)7-18-12(13)15/h6,16H,7H2,1-5H3/t13-/m0/s1. The van der Waals surface area contributed by atoms with Gasteiger partial charge in [-0.1, -0.05) is 19.6 Å². The molecule has 0 aromatic carbocycles. The van der Waals surface area contributed by atoms with E-state index in [1.54, 1.807) is 0 Å². The maximum absolute atomic E-state index is 11.7. The number of aliphatic hydroxyl groups is 1. The van der Waals surface area contributed by atoms with Gasteiger partial charge < -0.3 is 14.6 Å². The van der Waals surface area contributed by atoms with Crippen molar-refractivity contribution < 1.29 is 19.4 Å². The van der Waals surface area contributed by atoms with Crippen molar-refractivity contribution >= 4 is 19.4 Å². The summed E-state index contributed by atoms with van der Waals surface area (Å²) < 4.78 is 10.3. The second-order valence-corrected chi connectivity index (χ2v) is 11.0. The molecule has 19 heavy (non-hydrogen) atoms. The van der Waals surface area contributed by atoms with E-state index in [1.807, 2.05) is 6.07 Å². The van der Waals surface area contributed by atoms with E-state index in [1.165, 1.54) is 14.0 Å². The van der Waals surface area contributed by atoms with E-state index in [0.717, 1.165) is 5.32 Å². The summed E-state index contributed by atoms with van der Waals surface area (Å²) in [5.41, 5.74) is -0.444. The van der Waals surface area contributed by atoms with Crippen LogP contribution >= 0.6 is 0 Å². The quantitative estimate of drug-likeness (QED) is 0.644. The molecule has 1 aliphatic rings. The van der Waals surface area contributed by atoms with Gasteiger partial charge >= 0.3 is 5.97 Å². The number of cyclic esters (lactones) is 1. The first-order chi connectivity index (χ1) is 8.67. The van der Waals surface area contributed by atoms with Crippen LogP contribution in [0.1, 0.15) is 18.1 Å². The third kappa shape index (κ3) is 2.26. The Hall–Kier alpha value is -1.40. The molecule has 1 aliphatic heterocycles. The molecule has 0 radical (unpaired) electrons. The first-order valence-electron chi connectivity index (χ1n) is 6.16. The average Bonchev–Trinajstić information content (AvgIpc) is 2.32. The monoisotopic (exact) mass is 281 g/mol. The molecule has 0 spiro atoms. The van der Waals surface area contributed by atoms with E-state index < -0.39 is 19.6 Å². The van der Waals surface area contributed by atoms with Crippen LogP contribution in [-0.2, 0) is 21.7 Å². The predicted octanol–water partition coefficient (Wildman–Crippen LogP) is 0.900. The number of hydrogen-bond donors (Lipinski definition) is 1. The number of rotatable bonds is 2. The first-order valence-corrected chi connectivity index (χ1v) is 9.66. The minimum atomic E-state index is -1.68. The number of methoxy groups -OCH3 is 1. The third-order valence-electron chi connectivity index (χ3n) is 3.32. The molecular weight excluding hydrogens is 262 g/mol. The number of carbonyl (C=O) groups is 1. The van der Waals surface area contributed by atoms with Crippen LogP contribution in [0.4, 0.5) is 0 Å². The zero-order chi connectivity index (χ0) is 14.4. The van der Waals surface area contributed by atoms with E-state index in [-0.39, 0.29) is 6.61 Å². The summed E-state index contributed by atoms with van der Waals surface area (Å²) in [6.45, 7) is 7.98. The fraction of sp³-hybridized carbons (Fsp3) is 0.538. The Morgan fingerprint density at radius 3 is 2.63 bits per heavy atom. The van der Waals surface area contributed by atoms with Gasteiger partial charge in [-0.15, -0.1) is 0 Å². The van der Waals surface area contributed by atoms with Gasteiger partial charge in [-0.3, -0.25) is 0 Å². The number of nitrogens with zero attached hydrogens (tertiary/aromatic N) is 1. The summed E-state index contributed by atoms with van der Waals surface area (Å²) >= 11 is 0. The maximum atomic E-state index is 11.7. The number of aromatic nitrogens is 1. The Kier molecular flexibility index (Phi) is 3.18. The number of ether oxygens (including phenoxy) is 2. The molecule has 0 saturated carbocycles. The van der Waals surface area contributed by atoms with Gasteiger partial charge in [0.05, 0.1) is 12.7 Å². The molecular formula is C13H19NO4Si. The van der Waals surface area contributed by atoms with Crippen LogP contribution < -0.4 is 10.1 Å². The Balaban J connectivity index is 2.71. The van der Waals surface area contributed by atoms with Gasteiger partial charge in [-0.2, -0.15) is 0 Å². The third-order valence-corrected chi connectivity index (χ3v) is 5.11. The van der Waals surface area contributed by atoms with Gasteiger partial charge in [0, 0.05) is 10.9 Å². The molecule has 1 atom stereocenters. The highest BCUT2D eigenvalue weighted by Crippen LogP contribution is 2.34. The normalized spacial score (nSPS) is 22.7. The van der Waals surface area contributed by atoms with Crippen molar-refractivity contribution in [1.29, 1.82) is 0 Å². The molecule has 2 heterocycles. The molecule has 0 amide bonds. The fourth-order valence-electron chi connectivity index (χ4n) is 2.06. The zero-order valence-electron chi connectivity index (χ0n) is 11.9. The lowest BCUT2D eigenvalue weighted by molar-refractivity contribution is -0.169. The molecule has 104 valence electrons. The Morgan fingerprint density at radius 1 is 1.47 bits per heavy atom. The highest BCUT2D eigenvalue weighted by Gasteiger charge is 2.42. The van der Waals surface area contributed by atoms with Crippen molar-refractivity contribution in [3.63, 3.8) is 0 Å². The molecule has 6 heteroatoms. The smallest absolute Gasteiger partial charge is 0.342 e. The molecule has 0 unspecified atom stereocenters. The number of pyridine rings is 1. The second-order valence-electron chi connectivity index (χ2n) is 5.94. The number of fused-ring (bicyclic) bond motifs is 1. The van der Waals surface area contributed by atoms with Gasteiger partial charge in [-0.25, -0.2) is 9.78 Å². The van der Waals surface area contributed by atoms with E-state index in [0.29, 0.717) is 17.0 Å². The maximum Gasteiger partial charge on any atom is 0.342 e. The molecule has 2 rings (SSSR count). The van der Waals surface area contributed by atoms with Gasteiger partial charge in [0.25, 0.3) is 0 Å². The summed E-state index contributed by atoms with van der Waals surface area (Å²) in [6.07, 6.45) is 0. The Bertz CT molecular complexity index is 534. The molecule has 0 bridgehead atoms. The van der Waals surface area contributed by atoms with Crippen LogP contribution in [0.15, 0.2) is 6.07 Å². The average molecular weight is 281 g/mol. The van der Waals surface area contributed by atoms with Gasteiger partial charge in [0.2, 0.25) is 5.88 Å². The van der Waals surface area contributed by atoms with E-state index in [2.05, 4.69) is 24.6 Å². The summed E-state index contributed by atoms with van der Waals surface area (Å²) in [7, 11) is -0.150. The highest BCUT2D eigenvalue weighted by molar-refractivity contribution is 6.88.